The first kappa shape index (κ1) is 20.2. The van der Waals surface area contributed by atoms with Crippen LogP contribution in [-0.2, 0) is 9.59 Å². The van der Waals surface area contributed by atoms with E-state index in [1.807, 2.05) is 44.2 Å². The molecular weight excluding hydrogens is 366 g/mol. The first-order valence-electron chi connectivity index (χ1n) is 8.20. The number of ether oxygens (including phenoxy) is 2. The van der Waals surface area contributed by atoms with E-state index in [0.29, 0.717) is 11.5 Å². The highest BCUT2D eigenvalue weighted by atomic mass is 32.1. The Bertz CT molecular complexity index is 809. The zero-order chi connectivity index (χ0) is 19.6. The van der Waals surface area contributed by atoms with Crippen LogP contribution in [0.15, 0.2) is 48.5 Å². The molecule has 2 amide bonds. The molecule has 7 nitrogen and oxygen atoms in total. The van der Waals surface area contributed by atoms with Crippen LogP contribution in [0, 0.1) is 13.8 Å². The lowest BCUT2D eigenvalue weighted by Crippen LogP contribution is -2.50. The lowest BCUT2D eigenvalue weighted by molar-refractivity contribution is -0.124. The monoisotopic (exact) mass is 387 g/mol. The van der Waals surface area contributed by atoms with Crippen molar-refractivity contribution in [3.63, 3.8) is 0 Å². The van der Waals surface area contributed by atoms with Crippen molar-refractivity contribution in [3.05, 3.63) is 59.7 Å². The summed E-state index contributed by atoms with van der Waals surface area (Å²) in [6.45, 7) is 3.50. The topological polar surface area (TPSA) is 88.7 Å². The molecule has 2 aromatic carbocycles. The normalized spacial score (nSPS) is 9.85. The van der Waals surface area contributed by atoms with Crippen LogP contribution in [0.25, 0.3) is 0 Å². The number of carbonyl (C=O) groups is 2. The second-order valence-corrected chi connectivity index (χ2v) is 6.17. The minimum atomic E-state index is -0.445. The predicted octanol–water partition coefficient (Wildman–Crippen LogP) is 1.78. The van der Waals surface area contributed by atoms with Crippen LogP contribution in [0.2, 0.25) is 0 Å². The molecule has 0 aliphatic rings. The van der Waals surface area contributed by atoms with Gasteiger partial charge in [0.25, 0.3) is 11.8 Å². The summed E-state index contributed by atoms with van der Waals surface area (Å²) in [5.74, 6) is 0.285. The van der Waals surface area contributed by atoms with Crippen LogP contribution in [-0.4, -0.2) is 30.1 Å². The molecule has 0 bridgehead atoms. The van der Waals surface area contributed by atoms with Crippen LogP contribution in [0.1, 0.15) is 11.1 Å². The van der Waals surface area contributed by atoms with E-state index < -0.39 is 11.8 Å². The summed E-state index contributed by atoms with van der Waals surface area (Å²) in [7, 11) is 0. The zero-order valence-electron chi connectivity index (χ0n) is 15.1. The van der Waals surface area contributed by atoms with Crippen molar-refractivity contribution in [1.82, 2.24) is 16.2 Å². The Morgan fingerprint density at radius 1 is 0.852 bits per heavy atom. The van der Waals surface area contributed by atoms with Gasteiger partial charge in [0.15, 0.2) is 18.3 Å². The van der Waals surface area contributed by atoms with E-state index in [0.717, 1.165) is 11.1 Å². The number of thiocarbonyl (C=S) groups is 1. The van der Waals surface area contributed by atoms with Crippen molar-refractivity contribution in [1.29, 1.82) is 0 Å². The molecule has 8 heteroatoms. The van der Waals surface area contributed by atoms with E-state index in [1.165, 1.54) is 0 Å². The van der Waals surface area contributed by atoms with Crippen LogP contribution in [0.4, 0.5) is 0 Å². The second-order valence-electron chi connectivity index (χ2n) is 5.76. The molecule has 0 saturated carbocycles. The highest BCUT2D eigenvalue weighted by Gasteiger charge is 2.08. The van der Waals surface area contributed by atoms with Crippen LogP contribution in [0.5, 0.6) is 11.5 Å². The summed E-state index contributed by atoms with van der Waals surface area (Å²) in [6, 6.07) is 14.7. The summed E-state index contributed by atoms with van der Waals surface area (Å²) < 4.78 is 10.7. The Balaban J connectivity index is 1.63. The molecule has 2 rings (SSSR count). The largest absolute Gasteiger partial charge is 0.484 e. The molecule has 0 heterocycles. The quantitative estimate of drug-likeness (QED) is 0.517. The van der Waals surface area contributed by atoms with Gasteiger partial charge in [0.05, 0.1) is 0 Å². The van der Waals surface area contributed by atoms with E-state index in [9.17, 15) is 9.59 Å². The van der Waals surface area contributed by atoms with Crippen molar-refractivity contribution in [2.24, 2.45) is 0 Å². The highest BCUT2D eigenvalue weighted by Crippen LogP contribution is 2.12. The number of hydrazine groups is 1. The SMILES string of the molecule is Cc1ccc(OCC(=O)NNC(=S)NC(=O)COc2cccc(C)c2)cc1. The lowest BCUT2D eigenvalue weighted by Gasteiger charge is -2.12. The van der Waals surface area contributed by atoms with Gasteiger partial charge < -0.3 is 9.47 Å². The smallest absolute Gasteiger partial charge is 0.276 e. The molecule has 0 unspecified atom stereocenters. The van der Waals surface area contributed by atoms with E-state index in [4.69, 9.17) is 21.7 Å². The molecule has 0 aromatic heterocycles. The fourth-order valence-electron chi connectivity index (χ4n) is 1.99. The van der Waals surface area contributed by atoms with Gasteiger partial charge in [0.2, 0.25) is 0 Å². The molecule has 0 aliphatic heterocycles. The Morgan fingerprint density at radius 2 is 1.52 bits per heavy atom. The molecular formula is C19H21N3O4S. The number of carbonyl (C=O) groups excluding carboxylic acids is 2. The predicted molar refractivity (Wildman–Crippen MR) is 105 cm³/mol. The number of hydrogen-bond acceptors (Lipinski definition) is 5. The molecule has 0 atom stereocenters. The summed E-state index contributed by atoms with van der Waals surface area (Å²) in [5.41, 5.74) is 6.90. The van der Waals surface area contributed by atoms with Gasteiger partial charge in [0.1, 0.15) is 11.5 Å². The first-order valence-corrected chi connectivity index (χ1v) is 8.61. The van der Waals surface area contributed by atoms with Gasteiger partial charge in [-0.05, 0) is 55.9 Å². The van der Waals surface area contributed by atoms with E-state index in [-0.39, 0.29) is 18.3 Å². The minimum absolute atomic E-state index is 0.0449. The molecule has 0 fully saturated rings. The minimum Gasteiger partial charge on any atom is -0.484 e. The Kier molecular flexibility index (Phi) is 7.57. The maximum Gasteiger partial charge on any atom is 0.276 e. The number of aryl methyl sites for hydroxylation is 2. The standard InChI is InChI=1S/C19H21N3O4S/c1-13-6-8-15(9-7-13)25-12-18(24)21-22-19(27)20-17(23)11-26-16-5-3-4-14(2)10-16/h3-10H,11-12H2,1-2H3,(H,21,24)(H2,20,22,23,27). The van der Waals surface area contributed by atoms with Gasteiger partial charge >= 0.3 is 0 Å². The summed E-state index contributed by atoms with van der Waals surface area (Å²) in [5, 5.41) is 2.36. The van der Waals surface area contributed by atoms with E-state index >= 15 is 0 Å². The third-order valence-electron chi connectivity index (χ3n) is 3.32. The average Bonchev–Trinajstić information content (AvgIpc) is 2.64. The highest BCUT2D eigenvalue weighted by molar-refractivity contribution is 7.80. The Labute approximate surface area is 163 Å². The second kappa shape index (κ2) is 10.1. The van der Waals surface area contributed by atoms with Crippen molar-refractivity contribution in [2.45, 2.75) is 13.8 Å². The third kappa shape index (κ3) is 7.74. The van der Waals surface area contributed by atoms with Crippen molar-refractivity contribution in [2.75, 3.05) is 13.2 Å². The molecule has 3 N–H and O–H groups in total. The number of rotatable bonds is 6. The molecule has 0 aliphatic carbocycles. The summed E-state index contributed by atoms with van der Waals surface area (Å²) in [4.78, 5) is 23.5. The Hall–Kier alpha value is -3.13. The molecule has 27 heavy (non-hydrogen) atoms. The molecule has 142 valence electrons. The maximum absolute atomic E-state index is 11.8. The molecule has 0 saturated heterocycles. The van der Waals surface area contributed by atoms with Gasteiger partial charge in [-0.15, -0.1) is 0 Å². The van der Waals surface area contributed by atoms with Crippen LogP contribution in [0.3, 0.4) is 0 Å². The number of amides is 2. The molecule has 2 aromatic rings. The van der Waals surface area contributed by atoms with Gasteiger partial charge in [0, 0.05) is 0 Å². The molecule has 0 spiro atoms. The number of benzene rings is 2. The van der Waals surface area contributed by atoms with Crippen molar-refractivity contribution >= 4 is 29.1 Å². The Morgan fingerprint density at radius 3 is 2.22 bits per heavy atom. The fourth-order valence-corrected chi connectivity index (χ4v) is 2.16. The summed E-state index contributed by atoms with van der Waals surface area (Å²) in [6.07, 6.45) is 0. The van der Waals surface area contributed by atoms with Gasteiger partial charge in [-0.2, -0.15) is 0 Å². The van der Waals surface area contributed by atoms with E-state index in [1.54, 1.807) is 18.2 Å². The summed E-state index contributed by atoms with van der Waals surface area (Å²) >= 11 is 4.94. The van der Waals surface area contributed by atoms with Crippen molar-refractivity contribution < 1.29 is 19.1 Å². The van der Waals surface area contributed by atoms with E-state index in [2.05, 4.69) is 16.2 Å². The fraction of sp³-hybridized carbons (Fsp3) is 0.211. The first-order chi connectivity index (χ1) is 12.9. The third-order valence-corrected chi connectivity index (χ3v) is 3.52. The van der Waals surface area contributed by atoms with Crippen LogP contribution >= 0.6 is 12.2 Å². The lowest BCUT2D eigenvalue weighted by atomic mass is 10.2. The van der Waals surface area contributed by atoms with Gasteiger partial charge in [-0.3, -0.25) is 25.8 Å². The van der Waals surface area contributed by atoms with Gasteiger partial charge in [-0.25, -0.2) is 0 Å². The van der Waals surface area contributed by atoms with Crippen LogP contribution < -0.4 is 25.6 Å². The van der Waals surface area contributed by atoms with Gasteiger partial charge in [-0.1, -0.05) is 29.8 Å². The van der Waals surface area contributed by atoms with Crippen molar-refractivity contribution in [3.8, 4) is 11.5 Å². The zero-order valence-corrected chi connectivity index (χ0v) is 15.9. The number of hydrogen-bond donors (Lipinski definition) is 3. The average molecular weight is 387 g/mol. The molecule has 0 radical (unpaired) electrons. The number of nitrogens with one attached hydrogen (secondary N) is 3. The maximum atomic E-state index is 11.8.